The van der Waals surface area contributed by atoms with Gasteiger partial charge in [0.1, 0.15) is 5.82 Å². The van der Waals surface area contributed by atoms with E-state index in [1.807, 2.05) is 0 Å². The fourth-order valence-electron chi connectivity index (χ4n) is 1.94. The van der Waals surface area contributed by atoms with Gasteiger partial charge >= 0.3 is 0 Å². The maximum absolute atomic E-state index is 13.2. The molecule has 1 unspecified atom stereocenters. The van der Waals surface area contributed by atoms with Crippen molar-refractivity contribution in [3.8, 4) is 0 Å². The van der Waals surface area contributed by atoms with Crippen LogP contribution in [0.3, 0.4) is 0 Å². The SMILES string of the molecule is O=C(CC1CCCN1)Nc1ccc(Br)c(F)c1. The Morgan fingerprint density at radius 3 is 3.06 bits per heavy atom. The zero-order valence-electron chi connectivity index (χ0n) is 9.30. The third kappa shape index (κ3) is 3.51. The smallest absolute Gasteiger partial charge is 0.225 e. The number of carbonyl (C=O) groups excluding carboxylic acids is 1. The Morgan fingerprint density at radius 1 is 1.59 bits per heavy atom. The van der Waals surface area contributed by atoms with Gasteiger partial charge in [-0.3, -0.25) is 4.79 Å². The topological polar surface area (TPSA) is 41.1 Å². The van der Waals surface area contributed by atoms with Crippen molar-refractivity contribution in [2.24, 2.45) is 0 Å². The minimum atomic E-state index is -0.373. The van der Waals surface area contributed by atoms with Crippen LogP contribution in [0, 0.1) is 5.82 Å². The van der Waals surface area contributed by atoms with E-state index >= 15 is 0 Å². The van der Waals surface area contributed by atoms with Crippen LogP contribution in [0.5, 0.6) is 0 Å². The highest BCUT2D eigenvalue weighted by Gasteiger charge is 2.17. The molecule has 2 N–H and O–H groups in total. The number of anilines is 1. The zero-order valence-corrected chi connectivity index (χ0v) is 10.9. The van der Waals surface area contributed by atoms with Crippen molar-refractivity contribution in [2.75, 3.05) is 11.9 Å². The minimum absolute atomic E-state index is 0.0777. The lowest BCUT2D eigenvalue weighted by molar-refractivity contribution is -0.116. The summed E-state index contributed by atoms with van der Waals surface area (Å²) in [6, 6.07) is 4.82. The summed E-state index contributed by atoms with van der Waals surface area (Å²) >= 11 is 3.07. The first-order valence-electron chi connectivity index (χ1n) is 5.63. The zero-order chi connectivity index (χ0) is 12.3. The van der Waals surface area contributed by atoms with Gasteiger partial charge in [-0.2, -0.15) is 0 Å². The lowest BCUT2D eigenvalue weighted by atomic mass is 10.1. The molecule has 1 amide bonds. The first-order chi connectivity index (χ1) is 8.15. The maximum Gasteiger partial charge on any atom is 0.225 e. The highest BCUT2D eigenvalue weighted by Crippen LogP contribution is 2.19. The molecule has 92 valence electrons. The van der Waals surface area contributed by atoms with E-state index in [1.165, 1.54) is 6.07 Å². The van der Waals surface area contributed by atoms with E-state index < -0.39 is 0 Å². The van der Waals surface area contributed by atoms with Gasteiger partial charge in [-0.25, -0.2) is 4.39 Å². The molecule has 0 saturated carbocycles. The summed E-state index contributed by atoms with van der Waals surface area (Å²) in [6.07, 6.45) is 2.59. The van der Waals surface area contributed by atoms with E-state index in [0.717, 1.165) is 19.4 Å². The third-order valence-electron chi connectivity index (χ3n) is 2.80. The Hall–Kier alpha value is -0.940. The van der Waals surface area contributed by atoms with E-state index in [9.17, 15) is 9.18 Å². The molecule has 1 aliphatic heterocycles. The molecule has 3 nitrogen and oxygen atoms in total. The van der Waals surface area contributed by atoms with Crippen molar-refractivity contribution < 1.29 is 9.18 Å². The Bertz CT molecular complexity index is 419. The average molecular weight is 301 g/mol. The number of rotatable bonds is 3. The number of halogens is 2. The summed E-state index contributed by atoms with van der Waals surface area (Å²) in [5, 5.41) is 5.95. The van der Waals surface area contributed by atoms with E-state index in [-0.39, 0.29) is 17.8 Å². The van der Waals surface area contributed by atoms with E-state index in [2.05, 4.69) is 26.6 Å². The monoisotopic (exact) mass is 300 g/mol. The predicted molar refractivity (Wildman–Crippen MR) is 68.4 cm³/mol. The van der Waals surface area contributed by atoms with Crippen LogP contribution >= 0.6 is 15.9 Å². The number of carbonyl (C=O) groups is 1. The fraction of sp³-hybridized carbons (Fsp3) is 0.417. The standard InChI is InChI=1S/C12H14BrFN2O/c13-10-4-3-9(6-11(10)14)16-12(17)7-8-2-1-5-15-8/h3-4,6,8,15H,1-2,5,7H2,(H,16,17). The molecular weight excluding hydrogens is 287 g/mol. The van der Waals surface area contributed by atoms with Crippen LogP contribution in [0.15, 0.2) is 22.7 Å². The van der Waals surface area contributed by atoms with Crippen LogP contribution in [0.1, 0.15) is 19.3 Å². The lowest BCUT2D eigenvalue weighted by Gasteiger charge is -2.10. The lowest BCUT2D eigenvalue weighted by Crippen LogP contribution is -2.27. The van der Waals surface area contributed by atoms with Crippen molar-refractivity contribution in [1.29, 1.82) is 0 Å². The summed E-state index contributed by atoms with van der Waals surface area (Å²) in [5.74, 6) is -0.451. The maximum atomic E-state index is 13.2. The minimum Gasteiger partial charge on any atom is -0.326 e. The van der Waals surface area contributed by atoms with E-state index in [0.29, 0.717) is 16.6 Å². The largest absolute Gasteiger partial charge is 0.326 e. The van der Waals surface area contributed by atoms with Gasteiger partial charge in [0, 0.05) is 18.2 Å². The van der Waals surface area contributed by atoms with E-state index in [1.54, 1.807) is 12.1 Å². The highest BCUT2D eigenvalue weighted by atomic mass is 79.9. The predicted octanol–water partition coefficient (Wildman–Crippen LogP) is 2.67. The first kappa shape index (κ1) is 12.5. The number of amides is 1. The van der Waals surface area contributed by atoms with Gasteiger partial charge in [-0.15, -0.1) is 0 Å². The molecule has 1 aliphatic rings. The summed E-state index contributed by atoms with van der Waals surface area (Å²) in [6.45, 7) is 0.977. The Kier molecular flexibility index (Phi) is 4.12. The van der Waals surface area contributed by atoms with Gasteiger partial charge < -0.3 is 10.6 Å². The summed E-state index contributed by atoms with van der Waals surface area (Å²) in [4.78, 5) is 11.7. The van der Waals surface area contributed by atoms with Crippen molar-refractivity contribution in [3.05, 3.63) is 28.5 Å². The average Bonchev–Trinajstić information content (AvgIpc) is 2.76. The fourth-order valence-corrected chi connectivity index (χ4v) is 2.19. The molecule has 1 aromatic rings. The molecule has 1 atom stereocenters. The molecule has 2 rings (SSSR count). The van der Waals surface area contributed by atoms with Crippen molar-refractivity contribution >= 4 is 27.5 Å². The molecule has 1 aromatic carbocycles. The Labute approximate surface area is 108 Å². The summed E-state index contributed by atoms with van der Waals surface area (Å²) in [7, 11) is 0. The van der Waals surface area contributed by atoms with Crippen molar-refractivity contribution in [3.63, 3.8) is 0 Å². The molecular formula is C12H14BrFN2O. The second-order valence-electron chi connectivity index (χ2n) is 4.17. The van der Waals surface area contributed by atoms with Crippen LogP contribution < -0.4 is 10.6 Å². The number of hydrogen-bond acceptors (Lipinski definition) is 2. The van der Waals surface area contributed by atoms with Crippen LogP contribution in [0.2, 0.25) is 0 Å². The number of benzene rings is 1. The number of hydrogen-bond donors (Lipinski definition) is 2. The number of nitrogens with one attached hydrogen (secondary N) is 2. The Morgan fingerprint density at radius 2 is 2.41 bits per heavy atom. The summed E-state index contributed by atoms with van der Waals surface area (Å²) in [5.41, 5.74) is 0.494. The van der Waals surface area contributed by atoms with Crippen molar-refractivity contribution in [1.82, 2.24) is 5.32 Å². The molecule has 0 bridgehead atoms. The first-order valence-corrected chi connectivity index (χ1v) is 6.43. The molecule has 1 saturated heterocycles. The molecule has 1 heterocycles. The molecule has 0 aromatic heterocycles. The van der Waals surface area contributed by atoms with Crippen LogP contribution in [0.4, 0.5) is 10.1 Å². The quantitative estimate of drug-likeness (QED) is 0.901. The summed E-state index contributed by atoms with van der Waals surface area (Å²) < 4.78 is 13.6. The normalized spacial score (nSPS) is 19.3. The Balaban J connectivity index is 1.90. The van der Waals surface area contributed by atoms with Gasteiger partial charge in [0.25, 0.3) is 0 Å². The van der Waals surface area contributed by atoms with Gasteiger partial charge in [0.2, 0.25) is 5.91 Å². The second kappa shape index (κ2) is 5.60. The van der Waals surface area contributed by atoms with Crippen LogP contribution in [0.25, 0.3) is 0 Å². The molecule has 17 heavy (non-hydrogen) atoms. The van der Waals surface area contributed by atoms with Crippen molar-refractivity contribution in [2.45, 2.75) is 25.3 Å². The van der Waals surface area contributed by atoms with Gasteiger partial charge in [-0.05, 0) is 53.5 Å². The molecule has 1 fully saturated rings. The van der Waals surface area contributed by atoms with E-state index in [4.69, 9.17) is 0 Å². The van der Waals surface area contributed by atoms with Gasteiger partial charge in [0.15, 0.2) is 0 Å². The van der Waals surface area contributed by atoms with Crippen LogP contribution in [-0.4, -0.2) is 18.5 Å². The van der Waals surface area contributed by atoms with Gasteiger partial charge in [-0.1, -0.05) is 0 Å². The molecule has 0 radical (unpaired) electrons. The third-order valence-corrected chi connectivity index (χ3v) is 3.44. The molecule has 0 aliphatic carbocycles. The molecule has 5 heteroatoms. The highest BCUT2D eigenvalue weighted by molar-refractivity contribution is 9.10. The molecule has 0 spiro atoms. The van der Waals surface area contributed by atoms with Crippen LogP contribution in [-0.2, 0) is 4.79 Å². The van der Waals surface area contributed by atoms with Gasteiger partial charge in [0.05, 0.1) is 4.47 Å². The second-order valence-corrected chi connectivity index (χ2v) is 5.03.